The molecule has 4 heteroatoms. The monoisotopic (exact) mass is 716 g/mol. The van der Waals surface area contributed by atoms with Crippen LogP contribution in [-0.4, -0.2) is 4.57 Å². The summed E-state index contributed by atoms with van der Waals surface area (Å²) in [5, 5.41) is 9.30. The van der Waals surface area contributed by atoms with Crippen molar-refractivity contribution in [3.05, 3.63) is 194 Å². The van der Waals surface area contributed by atoms with Crippen molar-refractivity contribution in [2.45, 2.75) is 0 Å². The van der Waals surface area contributed by atoms with E-state index < -0.39 is 0 Å². The van der Waals surface area contributed by atoms with Crippen molar-refractivity contribution >= 4 is 93.5 Å². The lowest BCUT2D eigenvalue weighted by molar-refractivity contribution is 0.668. The van der Waals surface area contributed by atoms with E-state index in [0.29, 0.717) is 0 Å². The van der Waals surface area contributed by atoms with Crippen LogP contribution in [0, 0.1) is 0 Å². The highest BCUT2D eigenvalue weighted by atomic mass is 16.3. The van der Waals surface area contributed by atoms with Crippen LogP contribution in [0.3, 0.4) is 0 Å². The van der Waals surface area contributed by atoms with E-state index in [1.807, 2.05) is 0 Å². The quantitative estimate of drug-likeness (QED) is 0.178. The topological polar surface area (TPSA) is 34.5 Å². The Morgan fingerprint density at radius 3 is 1.88 bits per heavy atom. The predicted octanol–water partition coefficient (Wildman–Crippen LogP) is 14.9. The molecule has 0 spiro atoms. The first-order chi connectivity index (χ1) is 27.7. The van der Waals surface area contributed by atoms with Gasteiger partial charge in [0.15, 0.2) is 0 Å². The largest absolute Gasteiger partial charge is 0.456 e. The van der Waals surface area contributed by atoms with Crippen molar-refractivity contribution in [2.24, 2.45) is 0 Å². The van der Waals surface area contributed by atoms with Crippen molar-refractivity contribution in [3.8, 4) is 16.8 Å². The molecule has 0 aliphatic heterocycles. The Labute approximate surface area is 321 Å². The molecule has 3 heterocycles. The molecule has 0 saturated carbocycles. The molecule has 0 radical (unpaired) electrons. The molecule has 0 aliphatic rings. The summed E-state index contributed by atoms with van der Waals surface area (Å²) in [7, 11) is 0. The number of nitrogens with zero attached hydrogens (tertiary/aromatic N) is 2. The molecule has 0 saturated heterocycles. The van der Waals surface area contributed by atoms with Gasteiger partial charge < -0.3 is 18.3 Å². The maximum Gasteiger partial charge on any atom is 0.137 e. The summed E-state index contributed by atoms with van der Waals surface area (Å²) in [6.07, 6.45) is 0. The summed E-state index contributed by atoms with van der Waals surface area (Å²) in [6.45, 7) is 0. The normalized spacial score (nSPS) is 11.9. The Balaban J connectivity index is 0.968. The van der Waals surface area contributed by atoms with Crippen molar-refractivity contribution in [1.82, 2.24) is 4.57 Å². The van der Waals surface area contributed by atoms with Gasteiger partial charge in [-0.3, -0.25) is 0 Å². The van der Waals surface area contributed by atoms with Crippen LogP contribution in [0.4, 0.5) is 17.1 Å². The van der Waals surface area contributed by atoms with E-state index in [9.17, 15) is 0 Å². The molecule has 12 aromatic rings. The Kier molecular flexibility index (Phi) is 6.60. The molecule has 0 fully saturated rings. The molecule has 0 unspecified atom stereocenters. The second kappa shape index (κ2) is 12.0. The lowest BCUT2D eigenvalue weighted by Gasteiger charge is -2.25. The van der Waals surface area contributed by atoms with E-state index >= 15 is 0 Å². The summed E-state index contributed by atoms with van der Waals surface area (Å²) in [5.41, 5.74) is 12.4. The zero-order valence-electron chi connectivity index (χ0n) is 30.2. The highest BCUT2D eigenvalue weighted by Crippen LogP contribution is 2.43. The highest BCUT2D eigenvalue weighted by Gasteiger charge is 2.19. The summed E-state index contributed by atoms with van der Waals surface area (Å²) < 4.78 is 15.4. The lowest BCUT2D eigenvalue weighted by atomic mass is 10.0. The molecule has 3 aromatic heterocycles. The maximum absolute atomic E-state index is 6.57. The van der Waals surface area contributed by atoms with Gasteiger partial charge in [0.05, 0.1) is 11.0 Å². The van der Waals surface area contributed by atoms with Gasteiger partial charge in [-0.05, 0) is 113 Å². The average Bonchev–Trinajstić information content (AvgIpc) is 3.93. The Bertz CT molecular complexity index is 3480. The number of hydrogen-bond donors (Lipinski definition) is 0. The number of para-hydroxylation sites is 3. The van der Waals surface area contributed by atoms with Crippen LogP contribution in [0.1, 0.15) is 0 Å². The molecule has 56 heavy (non-hydrogen) atoms. The Morgan fingerprint density at radius 1 is 0.339 bits per heavy atom. The molecule has 9 aromatic carbocycles. The van der Waals surface area contributed by atoms with E-state index in [4.69, 9.17) is 8.83 Å². The number of benzene rings is 9. The van der Waals surface area contributed by atoms with Gasteiger partial charge in [-0.25, -0.2) is 0 Å². The standard InChI is InChI=1S/C52H32N2O2/c1-3-12-36(13-4-1)53(39-22-25-43-51(32-39)56-49-27-21-33-11-7-8-16-40(33)52(43)49)38-23-28-48-45(31-38)42-24-19-35(30-50(42)55-48)34-20-26-47-44(29-34)41-17-9-10-18-46(41)54(47)37-14-5-2-6-15-37/h1-32H. The second-order valence-electron chi connectivity index (χ2n) is 14.5. The van der Waals surface area contributed by atoms with Crippen molar-refractivity contribution in [2.75, 3.05) is 4.90 Å². The molecular weight excluding hydrogens is 685 g/mol. The number of furan rings is 2. The lowest BCUT2D eigenvalue weighted by Crippen LogP contribution is -2.09. The molecule has 0 aliphatic carbocycles. The average molecular weight is 717 g/mol. The fraction of sp³-hybridized carbons (Fsp3) is 0. The van der Waals surface area contributed by atoms with Crippen molar-refractivity contribution in [1.29, 1.82) is 0 Å². The third-order valence-corrected chi connectivity index (χ3v) is 11.4. The molecule has 262 valence electrons. The number of rotatable bonds is 5. The van der Waals surface area contributed by atoms with Crippen LogP contribution >= 0.6 is 0 Å². The first-order valence-electron chi connectivity index (χ1n) is 19.0. The van der Waals surface area contributed by atoms with Crippen LogP contribution in [0.5, 0.6) is 0 Å². The van der Waals surface area contributed by atoms with Gasteiger partial charge in [-0.1, -0.05) is 97.1 Å². The minimum absolute atomic E-state index is 0.856. The predicted molar refractivity (Wildman–Crippen MR) is 233 cm³/mol. The number of anilines is 3. The second-order valence-corrected chi connectivity index (χ2v) is 14.5. The molecule has 0 bridgehead atoms. The number of fused-ring (bicyclic) bond motifs is 11. The van der Waals surface area contributed by atoms with Crippen LogP contribution < -0.4 is 4.90 Å². The summed E-state index contributed by atoms with van der Waals surface area (Å²) in [5.74, 6) is 0. The molecule has 4 nitrogen and oxygen atoms in total. The van der Waals surface area contributed by atoms with Crippen molar-refractivity contribution < 1.29 is 8.83 Å². The fourth-order valence-corrected chi connectivity index (χ4v) is 8.79. The number of hydrogen-bond acceptors (Lipinski definition) is 3. The first kappa shape index (κ1) is 30.9. The molecule has 12 rings (SSSR count). The molecular formula is C52H32N2O2. The number of aromatic nitrogens is 1. The van der Waals surface area contributed by atoms with E-state index in [-0.39, 0.29) is 0 Å². The van der Waals surface area contributed by atoms with Gasteiger partial charge >= 0.3 is 0 Å². The van der Waals surface area contributed by atoms with Crippen molar-refractivity contribution in [3.63, 3.8) is 0 Å². The minimum atomic E-state index is 0.856. The van der Waals surface area contributed by atoms with Gasteiger partial charge in [0.1, 0.15) is 22.3 Å². The smallest absolute Gasteiger partial charge is 0.137 e. The first-order valence-corrected chi connectivity index (χ1v) is 19.0. The third-order valence-electron chi connectivity index (χ3n) is 11.4. The van der Waals surface area contributed by atoms with Gasteiger partial charge in [-0.15, -0.1) is 0 Å². The van der Waals surface area contributed by atoms with Crippen LogP contribution in [-0.2, 0) is 0 Å². The fourth-order valence-electron chi connectivity index (χ4n) is 8.79. The highest BCUT2D eigenvalue weighted by molar-refractivity contribution is 6.19. The van der Waals surface area contributed by atoms with Gasteiger partial charge in [0.25, 0.3) is 0 Å². The van der Waals surface area contributed by atoms with E-state index in [2.05, 4.69) is 204 Å². The molecule has 0 atom stereocenters. The van der Waals surface area contributed by atoms with Gasteiger partial charge in [-0.2, -0.15) is 0 Å². The maximum atomic E-state index is 6.57. The summed E-state index contributed by atoms with van der Waals surface area (Å²) in [4.78, 5) is 2.29. The third kappa shape index (κ3) is 4.66. The van der Waals surface area contributed by atoms with E-state index in [1.165, 1.54) is 32.6 Å². The van der Waals surface area contributed by atoms with Crippen LogP contribution in [0.15, 0.2) is 203 Å². The van der Waals surface area contributed by atoms with Gasteiger partial charge in [0, 0.05) is 61.1 Å². The minimum Gasteiger partial charge on any atom is -0.456 e. The van der Waals surface area contributed by atoms with Gasteiger partial charge in [0.2, 0.25) is 0 Å². The molecule has 0 amide bonds. The Hall–Kier alpha value is -7.56. The van der Waals surface area contributed by atoms with E-state index in [1.54, 1.807) is 0 Å². The van der Waals surface area contributed by atoms with E-state index in [0.717, 1.165) is 77.8 Å². The Morgan fingerprint density at radius 2 is 0.982 bits per heavy atom. The zero-order valence-corrected chi connectivity index (χ0v) is 30.2. The van der Waals surface area contributed by atoms with Crippen LogP contribution in [0.2, 0.25) is 0 Å². The summed E-state index contributed by atoms with van der Waals surface area (Å²) >= 11 is 0. The molecule has 0 N–H and O–H groups in total. The summed E-state index contributed by atoms with van der Waals surface area (Å²) in [6, 6.07) is 68.9. The zero-order chi connectivity index (χ0) is 36.7. The van der Waals surface area contributed by atoms with Crippen LogP contribution in [0.25, 0.3) is 93.3 Å². The SMILES string of the molecule is c1ccc(N(c2ccc3c(c2)oc2ccc4ccccc4c23)c2ccc3oc4cc(-c5ccc6c(c5)c5ccccc5n6-c5ccccc5)ccc4c3c2)cc1.